The van der Waals surface area contributed by atoms with Gasteiger partial charge in [-0.1, -0.05) is 0 Å². The molecule has 0 aromatic rings. The first kappa shape index (κ1) is 87.5. The fourth-order valence-electron chi connectivity index (χ4n) is 0. The van der Waals surface area contributed by atoms with Crippen LogP contribution in [-0.2, 0) is 27.8 Å². The van der Waals surface area contributed by atoms with Gasteiger partial charge in [0.15, 0.2) is 0 Å². The summed E-state index contributed by atoms with van der Waals surface area (Å²) in [6, 6.07) is 0. The molecule has 0 unspecified atom stereocenters. The van der Waals surface area contributed by atoms with E-state index in [4.69, 9.17) is 17.5 Å². The topological polar surface area (TPSA) is 299 Å². The summed E-state index contributed by atoms with van der Waals surface area (Å²) in [5.41, 5.74) is 0. The maximum absolute atomic E-state index is 8.52. The van der Waals surface area contributed by atoms with Crippen molar-refractivity contribution in [2.45, 2.75) is 0 Å². The molecule has 0 aromatic carbocycles. The summed E-state index contributed by atoms with van der Waals surface area (Å²) in [4.78, 5) is 0. The molecule has 0 aliphatic heterocycles. The molecular weight excluding hydrogens is 232 g/mol. The number of quaternary nitrogens is 6. The van der Waals surface area contributed by atoms with Crippen LogP contribution in [0.3, 0.4) is 0 Å². The quantitative estimate of drug-likeness (QED) is 0.271. The summed E-state index contributed by atoms with van der Waals surface area (Å²) in [7, 11) is -5.17. The average molecular weight is 256 g/mol. The Bertz CT molecular complexity index is 103. The van der Waals surface area contributed by atoms with E-state index < -0.39 is 10.4 Å². The Morgan fingerprint density at radius 3 is 0.667 bits per heavy atom. The summed E-state index contributed by atoms with van der Waals surface area (Å²) in [6.45, 7) is 0. The summed E-state index contributed by atoms with van der Waals surface area (Å²) < 4.78 is 34.1. The van der Waals surface area contributed by atoms with Gasteiger partial charge in [-0.2, -0.15) is 0 Å². The van der Waals surface area contributed by atoms with Crippen LogP contribution in [0.2, 0.25) is 0 Å². The van der Waals surface area contributed by atoms with Crippen LogP contribution in [0.5, 0.6) is 0 Å². The Balaban J connectivity index is -0.00000000381. The maximum atomic E-state index is 8.52. The first-order valence-corrected chi connectivity index (χ1v) is 2.00. The summed E-state index contributed by atoms with van der Waals surface area (Å²) in [6.07, 6.45) is 0. The van der Waals surface area contributed by atoms with Gasteiger partial charge in [0, 0.05) is 10.4 Å². The largest absolute Gasteiger partial charge is 2.00 e. The van der Waals surface area contributed by atoms with Gasteiger partial charge >= 0.3 is 17.4 Å². The van der Waals surface area contributed by atoms with Crippen molar-refractivity contribution in [1.82, 2.24) is 36.9 Å². The van der Waals surface area contributed by atoms with Gasteiger partial charge in [-0.3, -0.25) is 8.42 Å². The van der Waals surface area contributed by atoms with Crippen LogP contribution in [-0.4, -0.2) is 17.5 Å². The zero-order valence-electron chi connectivity index (χ0n) is 8.45. The molecule has 0 radical (unpaired) electrons. The second kappa shape index (κ2) is 30.4. The van der Waals surface area contributed by atoms with Crippen LogP contribution >= 0.6 is 0 Å². The molecule has 10 nitrogen and oxygen atoms in total. The molecule has 24 N–H and O–H groups in total. The van der Waals surface area contributed by atoms with E-state index in [9.17, 15) is 0 Å². The van der Waals surface area contributed by atoms with Crippen LogP contribution in [0.25, 0.3) is 0 Å². The molecular formula is H24CrN6O4S+6. The minimum Gasteiger partial charge on any atom is -0.759 e. The number of rotatable bonds is 0. The number of hydrogen-bond acceptors (Lipinski definition) is 4. The van der Waals surface area contributed by atoms with E-state index in [0.717, 1.165) is 0 Å². The Morgan fingerprint density at radius 1 is 0.667 bits per heavy atom. The molecule has 0 bridgehead atoms. The molecule has 0 amide bonds. The van der Waals surface area contributed by atoms with E-state index in [2.05, 4.69) is 0 Å². The predicted octanol–water partition coefficient (Wildman–Crippen LogP) is 0.917. The fourth-order valence-corrected chi connectivity index (χ4v) is 0. The third kappa shape index (κ3) is 32300. The van der Waals surface area contributed by atoms with Gasteiger partial charge in [-0.25, -0.2) is 0 Å². The Morgan fingerprint density at radius 2 is 0.667 bits per heavy atom. The molecule has 0 saturated heterocycles. The number of hydrogen-bond donors (Lipinski definition) is 6. The second-order valence-corrected chi connectivity index (χ2v) is 1.22. The first-order valence-electron chi connectivity index (χ1n) is 0.667. The van der Waals surface area contributed by atoms with Gasteiger partial charge in [-0.15, -0.1) is 0 Å². The third-order valence-electron chi connectivity index (χ3n) is 0. The molecule has 12 heavy (non-hydrogen) atoms. The Labute approximate surface area is 82.7 Å². The van der Waals surface area contributed by atoms with Crippen molar-refractivity contribution < 1.29 is 34.9 Å². The third-order valence-corrected chi connectivity index (χ3v) is 0. The van der Waals surface area contributed by atoms with Crippen molar-refractivity contribution in [3.05, 3.63) is 0 Å². The van der Waals surface area contributed by atoms with Crippen molar-refractivity contribution in [3.8, 4) is 0 Å². The minimum absolute atomic E-state index is 0. The van der Waals surface area contributed by atoms with Crippen LogP contribution in [0.4, 0.5) is 0 Å². The average Bonchev–Trinajstić information content (AvgIpc) is 0.722. The van der Waals surface area contributed by atoms with E-state index in [1.807, 2.05) is 0 Å². The van der Waals surface area contributed by atoms with Crippen molar-refractivity contribution in [2.75, 3.05) is 0 Å². The van der Waals surface area contributed by atoms with Gasteiger partial charge in [-0.05, 0) is 0 Å². The van der Waals surface area contributed by atoms with E-state index in [0.29, 0.717) is 0 Å². The van der Waals surface area contributed by atoms with Crippen molar-refractivity contribution in [3.63, 3.8) is 0 Å². The summed E-state index contributed by atoms with van der Waals surface area (Å²) in [5.74, 6) is 0. The SMILES string of the molecule is O=S(=O)([O-])[O-].[Cr+2].[NH4+].[NH4+].[NH4+].[NH4+].[NH4+].[NH4+]. The molecule has 0 atom stereocenters. The van der Waals surface area contributed by atoms with Gasteiger partial charge in [0.25, 0.3) is 0 Å². The normalized spacial score (nSPS) is 4.83. The van der Waals surface area contributed by atoms with E-state index >= 15 is 0 Å². The molecule has 0 saturated carbocycles. The van der Waals surface area contributed by atoms with Crippen LogP contribution in [0.1, 0.15) is 0 Å². The van der Waals surface area contributed by atoms with E-state index in [-0.39, 0.29) is 54.3 Å². The van der Waals surface area contributed by atoms with E-state index in [1.165, 1.54) is 0 Å². The predicted molar refractivity (Wildman–Crippen MR) is 46.4 cm³/mol. The van der Waals surface area contributed by atoms with Crippen LogP contribution < -0.4 is 36.9 Å². The molecule has 0 spiro atoms. The second-order valence-electron chi connectivity index (χ2n) is 0.408. The van der Waals surface area contributed by atoms with Gasteiger partial charge in [0.2, 0.25) is 0 Å². The minimum atomic E-state index is -5.17. The molecule has 0 aromatic heterocycles. The van der Waals surface area contributed by atoms with Crippen LogP contribution in [0, 0.1) is 0 Å². The van der Waals surface area contributed by atoms with Crippen molar-refractivity contribution in [2.24, 2.45) is 0 Å². The van der Waals surface area contributed by atoms with Crippen LogP contribution in [0.15, 0.2) is 0 Å². The molecule has 12 heteroatoms. The monoisotopic (exact) mass is 256 g/mol. The van der Waals surface area contributed by atoms with Crippen molar-refractivity contribution >= 4 is 10.4 Å². The Hall–Kier alpha value is 0.162. The maximum Gasteiger partial charge on any atom is 2.00 e. The molecule has 0 fully saturated rings. The zero-order valence-corrected chi connectivity index (χ0v) is 10.5. The summed E-state index contributed by atoms with van der Waals surface area (Å²) in [5, 5.41) is 0. The van der Waals surface area contributed by atoms with Crippen molar-refractivity contribution in [1.29, 1.82) is 0 Å². The molecule has 0 rings (SSSR count). The Kier molecular flexibility index (Phi) is 221. The molecule has 0 heterocycles. The molecule has 84 valence electrons. The first-order chi connectivity index (χ1) is 2.00. The zero-order chi connectivity index (χ0) is 4.50. The van der Waals surface area contributed by atoms with Gasteiger partial charge in [0.05, 0.1) is 0 Å². The fraction of sp³-hybridized carbons (Fsp3) is 0. The summed E-state index contributed by atoms with van der Waals surface area (Å²) >= 11 is 0. The smallest absolute Gasteiger partial charge is 0.759 e. The molecule has 0 aliphatic carbocycles. The molecule has 0 aliphatic rings. The van der Waals surface area contributed by atoms with Gasteiger partial charge < -0.3 is 46.0 Å². The van der Waals surface area contributed by atoms with Gasteiger partial charge in [0.1, 0.15) is 0 Å². The van der Waals surface area contributed by atoms with E-state index in [1.54, 1.807) is 0 Å². The standard InChI is InChI=1S/Cr.6H3N.H2O4S/c;;;;;;;1-5(2,3)4/h;6*1H3;(H2,1,2,3,4)/q+2;;;;;;;/p+4.